The van der Waals surface area contributed by atoms with Gasteiger partial charge < -0.3 is 10.8 Å². The Bertz CT molecular complexity index is 272. The van der Waals surface area contributed by atoms with E-state index in [2.05, 4.69) is 32.0 Å². The molecule has 1 aromatic carbocycles. The van der Waals surface area contributed by atoms with E-state index in [1.807, 2.05) is 0 Å². The lowest BCUT2D eigenvalue weighted by Gasteiger charge is -2.12. The number of benzene rings is 1. The summed E-state index contributed by atoms with van der Waals surface area (Å²) in [5, 5.41) is 9.05. The van der Waals surface area contributed by atoms with Gasteiger partial charge in [0.15, 0.2) is 0 Å². The van der Waals surface area contributed by atoms with Gasteiger partial charge in [0.2, 0.25) is 0 Å². The Balaban J connectivity index is 2.75. The van der Waals surface area contributed by atoms with Crippen LogP contribution in [0.15, 0.2) is 18.2 Å². The summed E-state index contributed by atoms with van der Waals surface area (Å²) in [7, 11) is 0. The molecule has 0 aliphatic carbocycles. The van der Waals surface area contributed by atoms with Crippen LogP contribution in [0.25, 0.3) is 0 Å². The Morgan fingerprint density at radius 3 is 2.21 bits per heavy atom. The first-order valence-electron chi connectivity index (χ1n) is 5.03. The molecule has 0 radical (unpaired) electrons. The average molecular weight is 193 g/mol. The van der Waals surface area contributed by atoms with Crippen LogP contribution in [0, 0.1) is 19.8 Å². The molecule has 1 unspecified atom stereocenters. The number of aliphatic hydroxyl groups excluding tert-OH is 1. The Kier molecular flexibility index (Phi) is 4.11. The molecule has 0 saturated carbocycles. The molecule has 3 N–H and O–H groups in total. The highest BCUT2D eigenvalue weighted by Crippen LogP contribution is 2.12. The molecule has 0 saturated heterocycles. The molecule has 2 nitrogen and oxygen atoms in total. The van der Waals surface area contributed by atoms with Crippen LogP contribution in [-0.4, -0.2) is 18.3 Å². The Labute approximate surface area is 85.8 Å². The summed E-state index contributed by atoms with van der Waals surface area (Å²) in [6, 6.07) is 6.47. The fraction of sp³-hybridized carbons (Fsp3) is 0.500. The first-order valence-corrected chi connectivity index (χ1v) is 5.03. The Morgan fingerprint density at radius 1 is 1.21 bits per heavy atom. The Hall–Kier alpha value is -0.860. The lowest BCUT2D eigenvalue weighted by atomic mass is 9.97. The molecular weight excluding hydrogens is 174 g/mol. The van der Waals surface area contributed by atoms with Crippen molar-refractivity contribution in [3.63, 3.8) is 0 Å². The van der Waals surface area contributed by atoms with Gasteiger partial charge in [-0.3, -0.25) is 0 Å². The molecule has 0 heterocycles. The molecule has 0 spiro atoms. The number of aryl methyl sites for hydroxylation is 2. The van der Waals surface area contributed by atoms with Gasteiger partial charge in [0.25, 0.3) is 0 Å². The van der Waals surface area contributed by atoms with Gasteiger partial charge in [-0.25, -0.2) is 0 Å². The van der Waals surface area contributed by atoms with Crippen LogP contribution < -0.4 is 5.73 Å². The molecule has 14 heavy (non-hydrogen) atoms. The molecule has 1 rings (SSSR count). The van der Waals surface area contributed by atoms with E-state index in [0.29, 0.717) is 6.54 Å². The van der Waals surface area contributed by atoms with Crippen LogP contribution >= 0.6 is 0 Å². The largest absolute Gasteiger partial charge is 0.396 e. The predicted octanol–water partition coefficient (Wildman–Crippen LogP) is 1.41. The van der Waals surface area contributed by atoms with E-state index < -0.39 is 0 Å². The van der Waals surface area contributed by atoms with Gasteiger partial charge in [-0.1, -0.05) is 29.3 Å². The summed E-state index contributed by atoms with van der Waals surface area (Å²) in [5.74, 6) is 0.191. The zero-order chi connectivity index (χ0) is 10.6. The highest BCUT2D eigenvalue weighted by atomic mass is 16.3. The predicted molar refractivity (Wildman–Crippen MR) is 59.3 cm³/mol. The summed E-state index contributed by atoms with van der Waals surface area (Å²) in [4.78, 5) is 0. The third kappa shape index (κ3) is 3.13. The third-order valence-electron chi connectivity index (χ3n) is 2.40. The maximum atomic E-state index is 9.05. The minimum atomic E-state index is 0.170. The van der Waals surface area contributed by atoms with Gasteiger partial charge >= 0.3 is 0 Å². The average Bonchev–Trinajstić information content (AvgIpc) is 2.12. The quantitative estimate of drug-likeness (QED) is 0.759. The second-order valence-corrected chi connectivity index (χ2v) is 3.98. The fourth-order valence-corrected chi connectivity index (χ4v) is 1.74. The van der Waals surface area contributed by atoms with Crippen LogP contribution in [0.5, 0.6) is 0 Å². The van der Waals surface area contributed by atoms with Gasteiger partial charge in [-0.05, 0) is 38.3 Å². The first kappa shape index (κ1) is 11.2. The maximum absolute atomic E-state index is 9.05. The summed E-state index contributed by atoms with van der Waals surface area (Å²) < 4.78 is 0. The lowest BCUT2D eigenvalue weighted by molar-refractivity contribution is 0.230. The first-order chi connectivity index (χ1) is 6.65. The SMILES string of the molecule is Cc1cc(C)cc(CC(CN)CO)c1. The van der Waals surface area contributed by atoms with Crippen molar-refractivity contribution in [2.45, 2.75) is 20.3 Å². The molecule has 0 aliphatic rings. The van der Waals surface area contributed by atoms with Gasteiger partial charge in [0, 0.05) is 6.61 Å². The van der Waals surface area contributed by atoms with Crippen molar-refractivity contribution in [2.24, 2.45) is 11.7 Å². The van der Waals surface area contributed by atoms with Crippen LogP contribution in [0.1, 0.15) is 16.7 Å². The van der Waals surface area contributed by atoms with Gasteiger partial charge in [0.1, 0.15) is 0 Å². The van der Waals surface area contributed by atoms with Crippen molar-refractivity contribution in [1.82, 2.24) is 0 Å². The summed E-state index contributed by atoms with van der Waals surface area (Å²) in [6.07, 6.45) is 0.871. The number of rotatable bonds is 4. The van der Waals surface area contributed by atoms with E-state index >= 15 is 0 Å². The molecule has 0 fully saturated rings. The lowest BCUT2D eigenvalue weighted by Crippen LogP contribution is -2.20. The molecule has 0 amide bonds. The molecule has 1 atom stereocenters. The smallest absolute Gasteiger partial charge is 0.0474 e. The molecular formula is C12H19NO. The van der Waals surface area contributed by atoms with E-state index in [1.165, 1.54) is 16.7 Å². The van der Waals surface area contributed by atoms with Crippen LogP contribution in [0.3, 0.4) is 0 Å². The van der Waals surface area contributed by atoms with Crippen molar-refractivity contribution in [3.8, 4) is 0 Å². The summed E-state index contributed by atoms with van der Waals surface area (Å²) in [6.45, 7) is 4.90. The van der Waals surface area contributed by atoms with Gasteiger partial charge in [-0.2, -0.15) is 0 Å². The second kappa shape index (κ2) is 5.13. The van der Waals surface area contributed by atoms with Crippen LogP contribution in [0.4, 0.5) is 0 Å². The van der Waals surface area contributed by atoms with E-state index in [-0.39, 0.29) is 12.5 Å². The number of hydrogen-bond acceptors (Lipinski definition) is 2. The maximum Gasteiger partial charge on any atom is 0.0474 e. The number of aliphatic hydroxyl groups is 1. The number of hydrogen-bond donors (Lipinski definition) is 2. The van der Waals surface area contributed by atoms with E-state index in [0.717, 1.165) is 6.42 Å². The highest BCUT2D eigenvalue weighted by molar-refractivity contribution is 5.28. The van der Waals surface area contributed by atoms with Crippen molar-refractivity contribution < 1.29 is 5.11 Å². The highest BCUT2D eigenvalue weighted by Gasteiger charge is 2.06. The van der Waals surface area contributed by atoms with E-state index in [1.54, 1.807) is 0 Å². The fourth-order valence-electron chi connectivity index (χ4n) is 1.74. The standard InChI is InChI=1S/C12H19NO/c1-9-3-10(2)5-11(4-9)6-12(7-13)8-14/h3-5,12,14H,6-8,13H2,1-2H3. The van der Waals surface area contributed by atoms with Crippen LogP contribution in [-0.2, 0) is 6.42 Å². The molecule has 0 bridgehead atoms. The second-order valence-electron chi connectivity index (χ2n) is 3.98. The third-order valence-corrected chi connectivity index (χ3v) is 2.40. The van der Waals surface area contributed by atoms with Crippen LogP contribution in [0.2, 0.25) is 0 Å². The molecule has 0 aromatic heterocycles. The zero-order valence-corrected chi connectivity index (χ0v) is 8.96. The number of nitrogens with two attached hydrogens (primary N) is 1. The van der Waals surface area contributed by atoms with E-state index in [4.69, 9.17) is 10.8 Å². The van der Waals surface area contributed by atoms with Gasteiger partial charge in [-0.15, -0.1) is 0 Å². The van der Waals surface area contributed by atoms with Crippen molar-refractivity contribution in [2.75, 3.05) is 13.2 Å². The zero-order valence-electron chi connectivity index (χ0n) is 8.96. The van der Waals surface area contributed by atoms with Crippen molar-refractivity contribution in [1.29, 1.82) is 0 Å². The minimum Gasteiger partial charge on any atom is -0.396 e. The molecule has 2 heteroatoms. The van der Waals surface area contributed by atoms with Gasteiger partial charge in [0.05, 0.1) is 0 Å². The minimum absolute atomic E-state index is 0.170. The van der Waals surface area contributed by atoms with E-state index in [9.17, 15) is 0 Å². The topological polar surface area (TPSA) is 46.2 Å². The van der Waals surface area contributed by atoms with Crippen molar-refractivity contribution >= 4 is 0 Å². The normalized spacial score (nSPS) is 12.9. The Morgan fingerprint density at radius 2 is 1.79 bits per heavy atom. The molecule has 1 aromatic rings. The molecule has 78 valence electrons. The summed E-state index contributed by atoms with van der Waals surface area (Å²) >= 11 is 0. The monoisotopic (exact) mass is 193 g/mol. The van der Waals surface area contributed by atoms with Crippen molar-refractivity contribution in [3.05, 3.63) is 34.9 Å². The molecule has 0 aliphatic heterocycles. The summed E-state index contributed by atoms with van der Waals surface area (Å²) in [5.41, 5.74) is 9.36.